The predicted molar refractivity (Wildman–Crippen MR) is 68.8 cm³/mol. The van der Waals surface area contributed by atoms with Crippen molar-refractivity contribution in [3.8, 4) is 0 Å². The lowest BCUT2D eigenvalue weighted by atomic mass is 10.1. The Morgan fingerprint density at radius 1 is 1.29 bits per heavy atom. The van der Waals surface area contributed by atoms with Crippen LogP contribution in [0.4, 0.5) is 0 Å². The summed E-state index contributed by atoms with van der Waals surface area (Å²) >= 11 is 0. The highest BCUT2D eigenvalue weighted by atomic mass is 32.2. The Bertz CT molecular complexity index is 493. The van der Waals surface area contributed by atoms with Crippen LogP contribution in [0.1, 0.15) is 31.2 Å². The maximum Gasteiger partial charge on any atom is 0.177 e. The van der Waals surface area contributed by atoms with Crippen molar-refractivity contribution in [2.45, 2.75) is 31.2 Å². The molecule has 0 aliphatic rings. The van der Waals surface area contributed by atoms with Crippen molar-refractivity contribution in [1.29, 1.82) is 0 Å². The summed E-state index contributed by atoms with van der Waals surface area (Å²) in [6, 6.07) is 3.46. The lowest BCUT2D eigenvalue weighted by molar-refractivity contribution is 0.391. The number of rotatable bonds is 4. The largest absolute Gasteiger partial charge is 0.304 e. The van der Waals surface area contributed by atoms with Crippen LogP contribution in [0.5, 0.6) is 0 Å². The lowest BCUT2D eigenvalue weighted by Gasteiger charge is -2.14. The van der Waals surface area contributed by atoms with Gasteiger partial charge in [-0.15, -0.1) is 0 Å². The van der Waals surface area contributed by atoms with Gasteiger partial charge in [0.25, 0.3) is 0 Å². The molecular weight excluding hydrogens is 236 g/mol. The molecule has 1 aromatic rings. The molecule has 1 heterocycles. The summed E-state index contributed by atoms with van der Waals surface area (Å²) in [5, 5.41) is 0. The maximum absolute atomic E-state index is 11.7. The quantitative estimate of drug-likeness (QED) is 0.822. The summed E-state index contributed by atoms with van der Waals surface area (Å²) in [5.41, 5.74) is 1.55. The number of hydrogen-bond acceptors (Lipinski definition) is 4. The van der Waals surface area contributed by atoms with Gasteiger partial charge in [-0.25, -0.2) is 8.42 Å². The summed E-state index contributed by atoms with van der Waals surface area (Å²) in [7, 11) is 0.586. The van der Waals surface area contributed by atoms with Crippen molar-refractivity contribution in [3.05, 3.63) is 23.5 Å². The number of aromatic nitrogens is 1. The van der Waals surface area contributed by atoms with E-state index in [1.807, 2.05) is 32.8 Å². The van der Waals surface area contributed by atoms with E-state index in [0.717, 1.165) is 5.69 Å². The fraction of sp³-hybridized carbons (Fsp3) is 0.583. The number of nitrogens with zero attached hydrogens (tertiary/aromatic N) is 2. The van der Waals surface area contributed by atoms with Crippen molar-refractivity contribution >= 4 is 9.84 Å². The summed E-state index contributed by atoms with van der Waals surface area (Å²) < 4.78 is 23.3. The molecule has 0 aliphatic carbocycles. The minimum Gasteiger partial charge on any atom is -0.304 e. The van der Waals surface area contributed by atoms with Crippen LogP contribution in [0, 0.1) is 0 Å². The van der Waals surface area contributed by atoms with E-state index >= 15 is 0 Å². The highest BCUT2D eigenvalue weighted by molar-refractivity contribution is 7.90. The first-order valence-corrected chi connectivity index (χ1v) is 7.45. The van der Waals surface area contributed by atoms with E-state index in [2.05, 4.69) is 4.98 Å². The van der Waals surface area contributed by atoms with Crippen molar-refractivity contribution < 1.29 is 8.42 Å². The van der Waals surface area contributed by atoms with Crippen LogP contribution in [-0.2, 0) is 16.4 Å². The Balaban J connectivity index is 3.32. The van der Waals surface area contributed by atoms with Gasteiger partial charge in [0.1, 0.15) is 0 Å². The van der Waals surface area contributed by atoms with Crippen LogP contribution in [0.2, 0.25) is 0 Å². The van der Waals surface area contributed by atoms with Gasteiger partial charge in [-0.3, -0.25) is 4.98 Å². The molecule has 1 aromatic heterocycles. The van der Waals surface area contributed by atoms with Crippen LogP contribution in [0.15, 0.2) is 17.0 Å². The Morgan fingerprint density at radius 3 is 2.29 bits per heavy atom. The van der Waals surface area contributed by atoms with E-state index in [4.69, 9.17) is 0 Å². The lowest BCUT2D eigenvalue weighted by Crippen LogP contribution is -2.16. The third-order valence-corrected chi connectivity index (χ3v) is 3.58. The number of pyridine rings is 1. The fourth-order valence-corrected chi connectivity index (χ4v) is 2.43. The van der Waals surface area contributed by atoms with E-state index in [9.17, 15) is 8.42 Å². The predicted octanol–water partition coefficient (Wildman–Crippen LogP) is 1.67. The van der Waals surface area contributed by atoms with E-state index in [1.54, 1.807) is 12.1 Å². The Labute approximate surface area is 104 Å². The summed E-state index contributed by atoms with van der Waals surface area (Å²) in [4.78, 5) is 6.71. The normalized spacial score (nSPS) is 12.4. The molecule has 0 aromatic carbocycles. The molecule has 96 valence electrons. The molecule has 0 atom stereocenters. The zero-order valence-corrected chi connectivity index (χ0v) is 11.9. The van der Waals surface area contributed by atoms with Crippen LogP contribution in [-0.4, -0.2) is 38.7 Å². The molecule has 17 heavy (non-hydrogen) atoms. The highest BCUT2D eigenvalue weighted by Gasteiger charge is 2.16. The molecule has 0 unspecified atom stereocenters. The second kappa shape index (κ2) is 5.14. The first kappa shape index (κ1) is 14.1. The molecule has 0 fully saturated rings. The standard InChI is InChI=1S/C12H20N2O2S/c1-9(2)10-6-7-12(17(5,15)16)11(13-10)8-14(3)4/h6-7,9H,8H2,1-5H3. The third kappa shape index (κ3) is 3.78. The average molecular weight is 256 g/mol. The van der Waals surface area contributed by atoms with Crippen molar-refractivity contribution in [2.75, 3.05) is 20.4 Å². The Kier molecular flexibility index (Phi) is 4.27. The maximum atomic E-state index is 11.7. The summed E-state index contributed by atoms with van der Waals surface area (Å²) in [6.07, 6.45) is 1.22. The fourth-order valence-electron chi connectivity index (χ4n) is 1.58. The number of hydrogen-bond donors (Lipinski definition) is 0. The molecule has 0 radical (unpaired) electrons. The van der Waals surface area contributed by atoms with Crippen LogP contribution in [0.25, 0.3) is 0 Å². The molecular formula is C12H20N2O2S. The second-order valence-electron chi connectivity index (χ2n) is 4.85. The summed E-state index contributed by atoms with van der Waals surface area (Å²) in [5.74, 6) is 0.296. The van der Waals surface area contributed by atoms with Crippen LogP contribution in [0.3, 0.4) is 0 Å². The molecule has 0 N–H and O–H groups in total. The zero-order valence-electron chi connectivity index (χ0n) is 11.1. The van der Waals surface area contributed by atoms with Crippen LogP contribution >= 0.6 is 0 Å². The monoisotopic (exact) mass is 256 g/mol. The van der Waals surface area contributed by atoms with E-state index in [1.165, 1.54) is 6.26 Å². The molecule has 4 nitrogen and oxygen atoms in total. The molecule has 1 rings (SSSR count). The van der Waals surface area contributed by atoms with Crippen LogP contribution < -0.4 is 0 Å². The first-order valence-electron chi connectivity index (χ1n) is 5.56. The molecule has 0 spiro atoms. The number of sulfone groups is 1. The highest BCUT2D eigenvalue weighted by Crippen LogP contribution is 2.19. The van der Waals surface area contributed by atoms with Gasteiger partial charge in [0.05, 0.1) is 10.6 Å². The summed E-state index contributed by atoms with van der Waals surface area (Å²) in [6.45, 7) is 4.62. The van der Waals surface area contributed by atoms with Crippen molar-refractivity contribution in [3.63, 3.8) is 0 Å². The van der Waals surface area contributed by atoms with Crippen molar-refractivity contribution in [2.24, 2.45) is 0 Å². The van der Waals surface area contributed by atoms with Crippen molar-refractivity contribution in [1.82, 2.24) is 9.88 Å². The molecule has 0 bridgehead atoms. The average Bonchev–Trinajstić information content (AvgIpc) is 2.14. The Morgan fingerprint density at radius 2 is 1.88 bits per heavy atom. The second-order valence-corrected chi connectivity index (χ2v) is 6.83. The van der Waals surface area contributed by atoms with Gasteiger partial charge in [0.15, 0.2) is 9.84 Å². The van der Waals surface area contributed by atoms with E-state index in [-0.39, 0.29) is 0 Å². The molecule has 0 saturated heterocycles. The van der Waals surface area contributed by atoms with Gasteiger partial charge in [0, 0.05) is 18.5 Å². The minimum atomic E-state index is -3.21. The van der Waals surface area contributed by atoms with Gasteiger partial charge in [-0.2, -0.15) is 0 Å². The SMILES string of the molecule is CC(C)c1ccc(S(C)(=O)=O)c(CN(C)C)n1. The topological polar surface area (TPSA) is 50.3 Å². The van der Waals surface area contributed by atoms with Gasteiger partial charge in [-0.1, -0.05) is 13.8 Å². The third-order valence-electron chi connectivity index (χ3n) is 2.41. The van der Waals surface area contributed by atoms with E-state index < -0.39 is 9.84 Å². The molecule has 0 saturated carbocycles. The van der Waals surface area contributed by atoms with Gasteiger partial charge in [0.2, 0.25) is 0 Å². The minimum absolute atomic E-state index is 0.296. The van der Waals surface area contributed by atoms with Gasteiger partial charge in [-0.05, 0) is 32.1 Å². The van der Waals surface area contributed by atoms with E-state index in [0.29, 0.717) is 23.1 Å². The Hall–Kier alpha value is -0.940. The van der Waals surface area contributed by atoms with Gasteiger partial charge >= 0.3 is 0 Å². The molecule has 5 heteroatoms. The molecule has 0 aliphatic heterocycles. The van der Waals surface area contributed by atoms with Gasteiger partial charge < -0.3 is 4.90 Å². The smallest absolute Gasteiger partial charge is 0.177 e. The molecule has 0 amide bonds. The zero-order chi connectivity index (χ0) is 13.2. The first-order chi connectivity index (χ1) is 7.71.